The molecule has 0 atom stereocenters. The quantitative estimate of drug-likeness (QED) is 0.646. The van der Waals surface area contributed by atoms with Crippen LogP contribution in [0.15, 0.2) is 53.4 Å². The SMILES string of the molecule is CCc1nc(OCC(=O)NCc2ccc(SC)cc2)c2ccccc2n1. The Labute approximate surface area is 157 Å². The van der Waals surface area contributed by atoms with E-state index in [1.807, 2.05) is 61.7 Å². The van der Waals surface area contributed by atoms with Gasteiger partial charge in [0.15, 0.2) is 6.61 Å². The Balaban J connectivity index is 1.61. The van der Waals surface area contributed by atoms with Crippen molar-refractivity contribution in [3.63, 3.8) is 0 Å². The zero-order chi connectivity index (χ0) is 18.4. The summed E-state index contributed by atoms with van der Waals surface area (Å²) in [6.07, 6.45) is 2.74. The molecule has 1 aromatic heterocycles. The lowest BCUT2D eigenvalue weighted by Crippen LogP contribution is -2.28. The molecule has 0 saturated carbocycles. The van der Waals surface area contributed by atoms with Crippen LogP contribution in [0.3, 0.4) is 0 Å². The maximum absolute atomic E-state index is 12.1. The molecule has 0 aliphatic carbocycles. The minimum absolute atomic E-state index is 0.0763. The molecule has 5 nitrogen and oxygen atoms in total. The molecule has 0 aliphatic rings. The molecule has 134 valence electrons. The van der Waals surface area contributed by atoms with E-state index >= 15 is 0 Å². The number of hydrogen-bond donors (Lipinski definition) is 1. The molecule has 0 unspecified atom stereocenters. The molecule has 3 rings (SSSR count). The van der Waals surface area contributed by atoms with E-state index in [4.69, 9.17) is 4.74 Å². The predicted octanol–water partition coefficient (Wildman–Crippen LogP) is 3.61. The van der Waals surface area contributed by atoms with E-state index in [0.29, 0.717) is 24.7 Å². The number of carbonyl (C=O) groups is 1. The Kier molecular flexibility index (Phi) is 6.07. The summed E-state index contributed by atoms with van der Waals surface area (Å²) in [7, 11) is 0. The fourth-order valence-corrected chi connectivity index (χ4v) is 2.90. The lowest BCUT2D eigenvalue weighted by atomic mass is 10.2. The number of amides is 1. The second-order valence-electron chi connectivity index (χ2n) is 5.73. The predicted molar refractivity (Wildman–Crippen MR) is 104 cm³/mol. The van der Waals surface area contributed by atoms with Crippen LogP contribution in [0.2, 0.25) is 0 Å². The first-order valence-electron chi connectivity index (χ1n) is 8.47. The number of benzene rings is 2. The number of aromatic nitrogens is 2. The molecule has 0 saturated heterocycles. The molecule has 0 radical (unpaired) electrons. The number of ether oxygens (including phenoxy) is 1. The zero-order valence-corrected chi connectivity index (χ0v) is 15.7. The van der Waals surface area contributed by atoms with Crippen molar-refractivity contribution in [1.29, 1.82) is 0 Å². The first-order valence-corrected chi connectivity index (χ1v) is 9.70. The summed E-state index contributed by atoms with van der Waals surface area (Å²) >= 11 is 1.69. The molecule has 0 fully saturated rings. The average molecular weight is 367 g/mol. The van der Waals surface area contributed by atoms with Gasteiger partial charge in [-0.15, -0.1) is 11.8 Å². The van der Waals surface area contributed by atoms with E-state index in [2.05, 4.69) is 15.3 Å². The van der Waals surface area contributed by atoms with Crippen LogP contribution in [0.4, 0.5) is 0 Å². The molecule has 0 bridgehead atoms. The molecule has 1 N–H and O–H groups in total. The van der Waals surface area contributed by atoms with Gasteiger partial charge >= 0.3 is 0 Å². The van der Waals surface area contributed by atoms with Gasteiger partial charge in [0, 0.05) is 17.9 Å². The Hall–Kier alpha value is -2.60. The first-order chi connectivity index (χ1) is 12.7. The highest BCUT2D eigenvalue weighted by Gasteiger charge is 2.10. The monoisotopic (exact) mass is 367 g/mol. The van der Waals surface area contributed by atoms with Gasteiger partial charge in [0.2, 0.25) is 5.88 Å². The highest BCUT2D eigenvalue weighted by atomic mass is 32.2. The average Bonchev–Trinajstić information content (AvgIpc) is 2.70. The molecule has 26 heavy (non-hydrogen) atoms. The second kappa shape index (κ2) is 8.67. The Morgan fingerprint density at radius 3 is 2.62 bits per heavy atom. The summed E-state index contributed by atoms with van der Waals surface area (Å²) in [6.45, 7) is 2.39. The van der Waals surface area contributed by atoms with Crippen molar-refractivity contribution in [3.05, 3.63) is 59.9 Å². The van der Waals surface area contributed by atoms with Crippen LogP contribution in [-0.2, 0) is 17.8 Å². The largest absolute Gasteiger partial charge is 0.467 e. The van der Waals surface area contributed by atoms with E-state index in [9.17, 15) is 4.79 Å². The number of rotatable bonds is 7. The Morgan fingerprint density at radius 1 is 1.12 bits per heavy atom. The third-order valence-corrected chi connectivity index (χ3v) is 4.66. The van der Waals surface area contributed by atoms with Gasteiger partial charge < -0.3 is 10.1 Å². The first kappa shape index (κ1) is 18.2. The summed E-state index contributed by atoms with van der Waals surface area (Å²) in [5.74, 6) is 0.972. The topological polar surface area (TPSA) is 64.1 Å². The third kappa shape index (κ3) is 4.52. The van der Waals surface area contributed by atoms with Gasteiger partial charge in [-0.25, -0.2) is 4.98 Å². The van der Waals surface area contributed by atoms with Crippen LogP contribution < -0.4 is 10.1 Å². The van der Waals surface area contributed by atoms with Crippen LogP contribution in [0.1, 0.15) is 18.3 Å². The fourth-order valence-electron chi connectivity index (χ4n) is 2.49. The lowest BCUT2D eigenvalue weighted by molar-refractivity contribution is -0.123. The lowest BCUT2D eigenvalue weighted by Gasteiger charge is -2.10. The van der Waals surface area contributed by atoms with E-state index in [1.54, 1.807) is 11.8 Å². The standard InChI is InChI=1S/C20H21N3O2S/c1-3-18-22-17-7-5-4-6-16(17)20(23-18)25-13-19(24)21-12-14-8-10-15(26-2)11-9-14/h4-11H,3,12-13H2,1-2H3,(H,21,24). The smallest absolute Gasteiger partial charge is 0.258 e. The van der Waals surface area contributed by atoms with Crippen LogP contribution in [0.5, 0.6) is 5.88 Å². The van der Waals surface area contributed by atoms with Gasteiger partial charge in [-0.3, -0.25) is 4.79 Å². The van der Waals surface area contributed by atoms with Crippen LogP contribution in [-0.4, -0.2) is 28.7 Å². The highest BCUT2D eigenvalue weighted by Crippen LogP contribution is 2.22. The maximum atomic E-state index is 12.1. The molecule has 1 heterocycles. The molecule has 1 amide bonds. The summed E-state index contributed by atoms with van der Waals surface area (Å²) in [4.78, 5) is 22.2. The van der Waals surface area contributed by atoms with Crippen LogP contribution in [0, 0.1) is 0 Å². The maximum Gasteiger partial charge on any atom is 0.258 e. The van der Waals surface area contributed by atoms with Crippen molar-refractivity contribution in [2.45, 2.75) is 24.8 Å². The van der Waals surface area contributed by atoms with Crippen molar-refractivity contribution >= 4 is 28.6 Å². The Bertz CT molecular complexity index is 897. The summed E-state index contributed by atoms with van der Waals surface area (Å²) in [5, 5.41) is 3.68. The van der Waals surface area contributed by atoms with Gasteiger partial charge in [0.1, 0.15) is 5.82 Å². The number of fused-ring (bicyclic) bond motifs is 1. The van der Waals surface area contributed by atoms with Gasteiger partial charge in [-0.2, -0.15) is 4.98 Å². The van der Waals surface area contributed by atoms with Gasteiger partial charge in [0.05, 0.1) is 10.9 Å². The minimum Gasteiger partial charge on any atom is -0.467 e. The number of thioether (sulfide) groups is 1. The summed E-state index contributed by atoms with van der Waals surface area (Å²) in [6, 6.07) is 15.8. The molecule has 6 heteroatoms. The number of nitrogens with one attached hydrogen (secondary N) is 1. The van der Waals surface area contributed by atoms with E-state index in [0.717, 1.165) is 16.5 Å². The molecule has 2 aromatic carbocycles. The zero-order valence-electron chi connectivity index (χ0n) is 14.9. The number of aryl methyl sites for hydroxylation is 1. The van der Waals surface area contributed by atoms with Crippen molar-refractivity contribution in [2.24, 2.45) is 0 Å². The second-order valence-corrected chi connectivity index (χ2v) is 6.61. The summed E-state index contributed by atoms with van der Waals surface area (Å²) < 4.78 is 5.68. The number of carbonyl (C=O) groups excluding carboxylic acids is 1. The molecule has 3 aromatic rings. The third-order valence-electron chi connectivity index (χ3n) is 3.92. The number of nitrogens with zero attached hydrogens (tertiary/aromatic N) is 2. The molecular weight excluding hydrogens is 346 g/mol. The van der Waals surface area contributed by atoms with Crippen molar-refractivity contribution < 1.29 is 9.53 Å². The minimum atomic E-state index is -0.181. The molecular formula is C20H21N3O2S. The van der Waals surface area contributed by atoms with Gasteiger partial charge in [-0.05, 0) is 36.1 Å². The Morgan fingerprint density at radius 2 is 1.88 bits per heavy atom. The van der Waals surface area contributed by atoms with Crippen LogP contribution in [0.25, 0.3) is 10.9 Å². The van der Waals surface area contributed by atoms with Crippen LogP contribution >= 0.6 is 11.8 Å². The molecule has 0 aliphatic heterocycles. The van der Waals surface area contributed by atoms with Gasteiger partial charge in [0.25, 0.3) is 5.91 Å². The number of hydrogen-bond acceptors (Lipinski definition) is 5. The van der Waals surface area contributed by atoms with Crippen molar-refractivity contribution in [3.8, 4) is 5.88 Å². The number of para-hydroxylation sites is 1. The highest BCUT2D eigenvalue weighted by molar-refractivity contribution is 7.98. The van der Waals surface area contributed by atoms with Crippen molar-refractivity contribution in [2.75, 3.05) is 12.9 Å². The molecule has 0 spiro atoms. The fraction of sp³-hybridized carbons (Fsp3) is 0.250. The van der Waals surface area contributed by atoms with Gasteiger partial charge in [-0.1, -0.05) is 31.2 Å². The van der Waals surface area contributed by atoms with E-state index < -0.39 is 0 Å². The summed E-state index contributed by atoms with van der Waals surface area (Å²) in [5.41, 5.74) is 1.88. The van der Waals surface area contributed by atoms with E-state index in [1.165, 1.54) is 4.90 Å². The van der Waals surface area contributed by atoms with Crippen molar-refractivity contribution in [1.82, 2.24) is 15.3 Å². The normalized spacial score (nSPS) is 10.7. The van der Waals surface area contributed by atoms with E-state index in [-0.39, 0.29) is 12.5 Å².